The summed E-state index contributed by atoms with van der Waals surface area (Å²) >= 11 is 1.60. The maximum atomic E-state index is 13.0. The highest BCUT2D eigenvalue weighted by atomic mass is 32.1. The lowest BCUT2D eigenvalue weighted by Gasteiger charge is -2.21. The first-order valence-electron chi connectivity index (χ1n) is 10.9. The van der Waals surface area contributed by atoms with Gasteiger partial charge in [-0.05, 0) is 30.0 Å². The van der Waals surface area contributed by atoms with Crippen molar-refractivity contribution in [2.75, 3.05) is 33.4 Å². The zero-order valence-corrected chi connectivity index (χ0v) is 19.6. The predicted molar refractivity (Wildman–Crippen MR) is 126 cm³/mol. The van der Waals surface area contributed by atoms with E-state index >= 15 is 0 Å². The Hall–Kier alpha value is -2.22. The first kappa shape index (κ1) is 22.0. The number of nitrogens with zero attached hydrogens (tertiary/aromatic N) is 2. The van der Waals surface area contributed by atoms with Crippen molar-refractivity contribution in [1.82, 2.24) is 20.4 Å². The zero-order chi connectivity index (χ0) is 22.0. The molecule has 7 heteroatoms. The minimum atomic E-state index is 0.0107. The van der Waals surface area contributed by atoms with Gasteiger partial charge in [0.15, 0.2) is 0 Å². The van der Waals surface area contributed by atoms with Crippen molar-refractivity contribution in [3.63, 3.8) is 0 Å². The number of hydrogen-bond donors (Lipinski definition) is 2. The van der Waals surface area contributed by atoms with E-state index < -0.39 is 0 Å². The number of methoxy groups -OCH3 is 1. The highest BCUT2D eigenvalue weighted by Crippen LogP contribution is 2.40. The molecule has 166 valence electrons. The van der Waals surface area contributed by atoms with Crippen molar-refractivity contribution in [1.29, 1.82) is 0 Å². The summed E-state index contributed by atoms with van der Waals surface area (Å²) < 4.78 is 6.27. The maximum absolute atomic E-state index is 13.0. The lowest BCUT2D eigenvalue weighted by atomic mass is 9.89. The Morgan fingerprint density at radius 1 is 1.35 bits per heavy atom. The van der Waals surface area contributed by atoms with Gasteiger partial charge < -0.3 is 10.1 Å². The molecule has 0 saturated carbocycles. The molecule has 1 aliphatic heterocycles. The SMILES string of the molecule is COCCNC(=O)c1sc2ccccc2c1[C@@H]1CCN(Cc2cn[nH]c2C(C)(C)C)C1. The number of nitrogens with one attached hydrogen (secondary N) is 2. The predicted octanol–water partition coefficient (Wildman–Crippen LogP) is 4.29. The molecule has 0 radical (unpaired) electrons. The van der Waals surface area contributed by atoms with Crippen molar-refractivity contribution in [3.05, 3.63) is 52.2 Å². The van der Waals surface area contributed by atoms with Crippen LogP contribution in [0.3, 0.4) is 0 Å². The largest absolute Gasteiger partial charge is 0.383 e. The van der Waals surface area contributed by atoms with Gasteiger partial charge in [0, 0.05) is 54.0 Å². The minimum absolute atomic E-state index is 0.0107. The van der Waals surface area contributed by atoms with E-state index in [9.17, 15) is 4.79 Å². The molecule has 2 aromatic heterocycles. The Labute approximate surface area is 188 Å². The van der Waals surface area contributed by atoms with Gasteiger partial charge in [0.2, 0.25) is 0 Å². The van der Waals surface area contributed by atoms with Crippen LogP contribution in [0.4, 0.5) is 0 Å². The molecule has 3 aromatic rings. The normalized spacial score (nSPS) is 17.5. The molecular weight excluding hydrogens is 408 g/mol. The Balaban J connectivity index is 1.56. The van der Waals surface area contributed by atoms with E-state index in [0.29, 0.717) is 19.1 Å². The first-order valence-corrected chi connectivity index (χ1v) is 11.7. The molecule has 1 atom stereocenters. The molecule has 0 aliphatic carbocycles. The first-order chi connectivity index (χ1) is 14.9. The number of rotatable bonds is 7. The van der Waals surface area contributed by atoms with E-state index in [2.05, 4.69) is 59.4 Å². The van der Waals surface area contributed by atoms with Crippen LogP contribution in [0.2, 0.25) is 0 Å². The van der Waals surface area contributed by atoms with E-state index in [1.165, 1.54) is 26.9 Å². The monoisotopic (exact) mass is 440 g/mol. The van der Waals surface area contributed by atoms with Gasteiger partial charge in [0.25, 0.3) is 5.91 Å². The van der Waals surface area contributed by atoms with Gasteiger partial charge in [-0.2, -0.15) is 5.10 Å². The number of ether oxygens (including phenoxy) is 1. The van der Waals surface area contributed by atoms with Crippen molar-refractivity contribution in [2.45, 2.75) is 45.1 Å². The van der Waals surface area contributed by atoms with Crippen molar-refractivity contribution >= 4 is 27.3 Å². The van der Waals surface area contributed by atoms with Crippen LogP contribution in [0.25, 0.3) is 10.1 Å². The lowest BCUT2D eigenvalue weighted by molar-refractivity contribution is 0.0940. The van der Waals surface area contributed by atoms with Gasteiger partial charge in [0.05, 0.1) is 17.7 Å². The van der Waals surface area contributed by atoms with Crippen molar-refractivity contribution in [2.24, 2.45) is 0 Å². The highest BCUT2D eigenvalue weighted by molar-refractivity contribution is 7.21. The maximum Gasteiger partial charge on any atom is 0.261 e. The smallest absolute Gasteiger partial charge is 0.261 e. The third-order valence-corrected chi connectivity index (χ3v) is 7.16. The fraction of sp³-hybridized carbons (Fsp3) is 0.500. The third-order valence-electron chi connectivity index (χ3n) is 5.97. The summed E-state index contributed by atoms with van der Waals surface area (Å²) in [7, 11) is 1.65. The fourth-order valence-corrected chi connectivity index (χ4v) is 5.73. The number of fused-ring (bicyclic) bond motifs is 1. The van der Waals surface area contributed by atoms with Crippen LogP contribution in [-0.2, 0) is 16.7 Å². The molecule has 0 unspecified atom stereocenters. The van der Waals surface area contributed by atoms with Gasteiger partial charge >= 0.3 is 0 Å². The summed E-state index contributed by atoms with van der Waals surface area (Å²) in [5.41, 5.74) is 3.72. The fourth-order valence-electron chi connectivity index (χ4n) is 4.52. The molecule has 1 fully saturated rings. The lowest BCUT2D eigenvalue weighted by Crippen LogP contribution is -2.27. The summed E-state index contributed by atoms with van der Waals surface area (Å²) in [4.78, 5) is 16.3. The van der Waals surface area contributed by atoms with Crippen LogP contribution in [0.1, 0.15) is 59.6 Å². The second kappa shape index (κ2) is 9.10. The van der Waals surface area contributed by atoms with Crippen LogP contribution >= 0.6 is 11.3 Å². The number of aromatic nitrogens is 2. The molecule has 1 amide bonds. The molecule has 4 rings (SSSR count). The number of carbonyl (C=O) groups excluding carboxylic acids is 1. The number of benzene rings is 1. The molecule has 6 nitrogen and oxygen atoms in total. The van der Waals surface area contributed by atoms with Gasteiger partial charge in [-0.25, -0.2) is 0 Å². The van der Waals surface area contributed by atoms with E-state index in [1.807, 2.05) is 12.3 Å². The van der Waals surface area contributed by atoms with Crippen molar-refractivity contribution in [3.8, 4) is 0 Å². The van der Waals surface area contributed by atoms with Crippen LogP contribution in [0.5, 0.6) is 0 Å². The molecule has 2 N–H and O–H groups in total. The second-order valence-corrected chi connectivity index (χ2v) is 10.4. The minimum Gasteiger partial charge on any atom is -0.383 e. The Bertz CT molecular complexity index is 1050. The quantitative estimate of drug-likeness (QED) is 0.538. The molecule has 1 aliphatic rings. The highest BCUT2D eigenvalue weighted by Gasteiger charge is 2.31. The Morgan fingerprint density at radius 2 is 2.16 bits per heavy atom. The van der Waals surface area contributed by atoms with Crippen LogP contribution in [0, 0.1) is 0 Å². The molecular formula is C24H32N4O2S. The Morgan fingerprint density at radius 3 is 2.94 bits per heavy atom. The molecule has 3 heterocycles. The standard InChI is InChI=1S/C24H32N4O2S/c1-24(2,3)22-17(13-26-27-22)15-28-11-9-16(14-28)20-18-7-5-6-8-19(18)31-21(20)23(29)25-10-12-30-4/h5-8,13,16H,9-12,14-15H2,1-4H3,(H,25,29)(H,26,27)/t16-/m1/s1. The van der Waals surface area contributed by atoms with Crippen LogP contribution < -0.4 is 5.32 Å². The summed E-state index contributed by atoms with van der Waals surface area (Å²) in [6.45, 7) is 10.5. The van der Waals surface area contributed by atoms with Gasteiger partial charge in [-0.15, -0.1) is 11.3 Å². The third kappa shape index (κ3) is 4.68. The number of thiophene rings is 1. The van der Waals surface area contributed by atoms with E-state index in [0.717, 1.165) is 30.9 Å². The van der Waals surface area contributed by atoms with E-state index in [4.69, 9.17) is 4.74 Å². The number of amides is 1. The molecule has 0 bridgehead atoms. The number of hydrogen-bond acceptors (Lipinski definition) is 5. The number of aromatic amines is 1. The molecule has 1 aromatic carbocycles. The van der Waals surface area contributed by atoms with Crippen LogP contribution in [0.15, 0.2) is 30.5 Å². The molecule has 1 saturated heterocycles. The summed E-state index contributed by atoms with van der Waals surface area (Å²) in [6.07, 6.45) is 3.02. The number of likely N-dealkylation sites (tertiary alicyclic amines) is 1. The molecule has 31 heavy (non-hydrogen) atoms. The summed E-state index contributed by atoms with van der Waals surface area (Å²) in [5, 5.41) is 11.7. The Kier molecular flexibility index (Phi) is 6.46. The van der Waals surface area contributed by atoms with Crippen LogP contribution in [-0.4, -0.2) is 54.4 Å². The van der Waals surface area contributed by atoms with E-state index in [-0.39, 0.29) is 11.3 Å². The van der Waals surface area contributed by atoms with Gasteiger partial charge in [0.1, 0.15) is 0 Å². The average Bonchev–Trinajstić information content (AvgIpc) is 3.45. The van der Waals surface area contributed by atoms with Crippen molar-refractivity contribution < 1.29 is 9.53 Å². The average molecular weight is 441 g/mol. The van der Waals surface area contributed by atoms with Gasteiger partial charge in [-0.3, -0.25) is 14.8 Å². The van der Waals surface area contributed by atoms with E-state index in [1.54, 1.807) is 18.4 Å². The van der Waals surface area contributed by atoms with Gasteiger partial charge in [-0.1, -0.05) is 39.0 Å². The summed E-state index contributed by atoms with van der Waals surface area (Å²) in [5.74, 6) is 0.362. The number of carbonyl (C=O) groups is 1. The summed E-state index contributed by atoms with van der Waals surface area (Å²) in [6, 6.07) is 8.38. The number of H-pyrrole nitrogens is 1. The molecule has 0 spiro atoms. The second-order valence-electron chi connectivity index (χ2n) is 9.33. The topological polar surface area (TPSA) is 70.2 Å². The zero-order valence-electron chi connectivity index (χ0n) is 18.8.